The van der Waals surface area contributed by atoms with Gasteiger partial charge in [-0.05, 0) is 0 Å². The molecule has 1 aliphatic heterocycles. The van der Waals surface area contributed by atoms with Crippen molar-refractivity contribution in [3.8, 4) is 0 Å². The standard InChI is InChI=1S/C7H15ClNO/c1-9(7(10)6-8)4-2-3-5-9/h7,10H,2-6H2,1H3/q+1. The van der Waals surface area contributed by atoms with Crippen LogP contribution in [0.3, 0.4) is 0 Å². The SMILES string of the molecule is C[N+]1(C(O)CCl)CCCC1. The Kier molecular flexibility index (Phi) is 2.55. The number of nitrogens with zero attached hydrogens (tertiary/aromatic N) is 1. The number of aliphatic hydroxyl groups is 1. The molecule has 1 aliphatic rings. The van der Waals surface area contributed by atoms with Gasteiger partial charge in [-0.2, -0.15) is 0 Å². The highest BCUT2D eigenvalue weighted by atomic mass is 35.5. The Morgan fingerprint density at radius 3 is 2.40 bits per heavy atom. The summed E-state index contributed by atoms with van der Waals surface area (Å²) >= 11 is 5.56. The molecule has 1 saturated heterocycles. The summed E-state index contributed by atoms with van der Waals surface area (Å²) in [6, 6.07) is 0. The number of halogens is 1. The maximum absolute atomic E-state index is 9.46. The largest absolute Gasteiger partial charge is 0.344 e. The monoisotopic (exact) mass is 164 g/mol. The maximum atomic E-state index is 9.46. The molecule has 1 heterocycles. The van der Waals surface area contributed by atoms with E-state index < -0.39 is 0 Å². The van der Waals surface area contributed by atoms with Crippen LogP contribution >= 0.6 is 11.6 Å². The van der Waals surface area contributed by atoms with Crippen LogP contribution in [-0.4, -0.2) is 41.8 Å². The van der Waals surface area contributed by atoms with E-state index in [-0.39, 0.29) is 6.23 Å². The van der Waals surface area contributed by atoms with Gasteiger partial charge >= 0.3 is 0 Å². The Bertz CT molecular complexity index is 112. The lowest BCUT2D eigenvalue weighted by Gasteiger charge is -2.32. The molecule has 1 rings (SSSR count). The molecule has 1 unspecified atom stereocenters. The number of alkyl halides is 1. The Morgan fingerprint density at radius 2 is 2.00 bits per heavy atom. The first-order valence-electron chi connectivity index (χ1n) is 3.77. The van der Waals surface area contributed by atoms with Crippen molar-refractivity contribution >= 4 is 11.6 Å². The lowest BCUT2D eigenvalue weighted by molar-refractivity contribution is -0.940. The van der Waals surface area contributed by atoms with E-state index in [2.05, 4.69) is 7.05 Å². The van der Waals surface area contributed by atoms with Gasteiger partial charge < -0.3 is 9.59 Å². The molecule has 10 heavy (non-hydrogen) atoms. The van der Waals surface area contributed by atoms with E-state index in [4.69, 9.17) is 11.6 Å². The summed E-state index contributed by atoms with van der Waals surface area (Å²) in [5, 5.41) is 9.46. The van der Waals surface area contributed by atoms with Gasteiger partial charge in [-0.15, -0.1) is 11.6 Å². The van der Waals surface area contributed by atoms with Gasteiger partial charge in [0.05, 0.1) is 20.1 Å². The third-order valence-corrected chi connectivity index (χ3v) is 2.72. The summed E-state index contributed by atoms with van der Waals surface area (Å²) in [4.78, 5) is 0. The van der Waals surface area contributed by atoms with Crippen molar-refractivity contribution in [2.75, 3.05) is 26.0 Å². The van der Waals surface area contributed by atoms with Gasteiger partial charge in [-0.1, -0.05) is 0 Å². The van der Waals surface area contributed by atoms with Crippen LogP contribution in [0.25, 0.3) is 0 Å². The van der Waals surface area contributed by atoms with Crippen molar-refractivity contribution in [3.05, 3.63) is 0 Å². The van der Waals surface area contributed by atoms with Crippen LogP contribution in [0.15, 0.2) is 0 Å². The average Bonchev–Trinajstić information content (AvgIpc) is 2.36. The zero-order chi connectivity index (χ0) is 7.61. The first-order chi connectivity index (χ1) is 4.69. The summed E-state index contributed by atoms with van der Waals surface area (Å²) < 4.78 is 0.753. The second-order valence-corrected chi connectivity index (χ2v) is 3.58. The first-order valence-corrected chi connectivity index (χ1v) is 4.31. The molecule has 60 valence electrons. The van der Waals surface area contributed by atoms with Crippen LogP contribution < -0.4 is 0 Å². The van der Waals surface area contributed by atoms with E-state index >= 15 is 0 Å². The van der Waals surface area contributed by atoms with Gasteiger partial charge in [-0.3, -0.25) is 0 Å². The van der Waals surface area contributed by atoms with Crippen molar-refractivity contribution < 1.29 is 9.59 Å². The fraction of sp³-hybridized carbons (Fsp3) is 1.00. The molecule has 0 aliphatic carbocycles. The van der Waals surface area contributed by atoms with Crippen LogP contribution in [0.2, 0.25) is 0 Å². The molecule has 0 spiro atoms. The fourth-order valence-electron chi connectivity index (χ4n) is 1.52. The minimum atomic E-state index is -0.357. The molecule has 0 aromatic rings. The Morgan fingerprint density at radius 1 is 1.50 bits per heavy atom. The lowest BCUT2D eigenvalue weighted by atomic mass is 10.4. The summed E-state index contributed by atoms with van der Waals surface area (Å²) in [5.41, 5.74) is 0. The van der Waals surface area contributed by atoms with E-state index in [0.29, 0.717) is 5.88 Å². The summed E-state index contributed by atoms with van der Waals surface area (Å²) in [5.74, 6) is 0.358. The summed E-state index contributed by atoms with van der Waals surface area (Å²) in [6.45, 7) is 2.15. The second kappa shape index (κ2) is 3.07. The summed E-state index contributed by atoms with van der Waals surface area (Å²) in [6.07, 6.45) is 2.10. The molecule has 3 heteroatoms. The number of likely N-dealkylation sites (tertiary alicyclic amines) is 1. The van der Waals surface area contributed by atoms with Gasteiger partial charge in [0.25, 0.3) is 0 Å². The van der Waals surface area contributed by atoms with Crippen molar-refractivity contribution in [2.45, 2.75) is 19.1 Å². The second-order valence-electron chi connectivity index (χ2n) is 3.27. The molecule has 0 saturated carbocycles. The van der Waals surface area contributed by atoms with Gasteiger partial charge in [0.2, 0.25) is 6.23 Å². The molecule has 1 fully saturated rings. The Balaban J connectivity index is 2.49. The molecular weight excluding hydrogens is 150 g/mol. The van der Waals surface area contributed by atoms with Crippen molar-refractivity contribution in [1.29, 1.82) is 0 Å². The van der Waals surface area contributed by atoms with Crippen LogP contribution in [0.1, 0.15) is 12.8 Å². The molecule has 0 radical (unpaired) electrons. The van der Waals surface area contributed by atoms with E-state index in [9.17, 15) is 5.11 Å². The van der Waals surface area contributed by atoms with Gasteiger partial charge in [-0.25, -0.2) is 0 Å². The lowest BCUT2D eigenvalue weighted by Crippen LogP contribution is -2.50. The highest BCUT2D eigenvalue weighted by molar-refractivity contribution is 6.18. The zero-order valence-corrected chi connectivity index (χ0v) is 7.14. The smallest absolute Gasteiger partial charge is 0.204 e. The van der Waals surface area contributed by atoms with E-state index in [1.54, 1.807) is 0 Å². The number of hydrogen-bond donors (Lipinski definition) is 1. The third-order valence-electron chi connectivity index (χ3n) is 2.45. The van der Waals surface area contributed by atoms with Crippen LogP contribution in [-0.2, 0) is 0 Å². The maximum Gasteiger partial charge on any atom is 0.204 e. The predicted molar refractivity (Wildman–Crippen MR) is 41.9 cm³/mol. The molecule has 0 bridgehead atoms. The van der Waals surface area contributed by atoms with Crippen LogP contribution in [0, 0.1) is 0 Å². The highest BCUT2D eigenvalue weighted by Gasteiger charge is 2.33. The number of aliphatic hydroxyl groups excluding tert-OH is 1. The number of rotatable bonds is 2. The Labute approximate surface area is 67.0 Å². The van der Waals surface area contributed by atoms with Crippen LogP contribution in [0.5, 0.6) is 0 Å². The quantitative estimate of drug-likeness (QED) is 0.473. The Hall–Kier alpha value is 0.210. The van der Waals surface area contributed by atoms with Gasteiger partial charge in [0.1, 0.15) is 5.88 Å². The molecule has 2 nitrogen and oxygen atoms in total. The fourth-order valence-corrected chi connectivity index (χ4v) is 1.86. The number of quaternary nitrogens is 1. The summed E-state index contributed by atoms with van der Waals surface area (Å²) in [7, 11) is 2.07. The molecule has 0 aromatic heterocycles. The minimum absolute atomic E-state index is 0.357. The normalized spacial score (nSPS) is 26.7. The predicted octanol–water partition coefficient (Wildman–Crippen LogP) is 0.784. The molecule has 0 aromatic carbocycles. The molecular formula is C7H15ClNO+. The van der Waals surface area contributed by atoms with Crippen molar-refractivity contribution in [2.24, 2.45) is 0 Å². The molecule has 0 amide bonds. The third kappa shape index (κ3) is 1.44. The number of hydrogen-bond acceptors (Lipinski definition) is 1. The van der Waals surface area contributed by atoms with Crippen LogP contribution in [0.4, 0.5) is 0 Å². The molecule has 1 atom stereocenters. The minimum Gasteiger partial charge on any atom is -0.344 e. The van der Waals surface area contributed by atoms with E-state index in [0.717, 1.165) is 17.6 Å². The van der Waals surface area contributed by atoms with Crippen molar-refractivity contribution in [3.63, 3.8) is 0 Å². The highest BCUT2D eigenvalue weighted by Crippen LogP contribution is 2.19. The van der Waals surface area contributed by atoms with E-state index in [1.807, 2.05) is 0 Å². The topological polar surface area (TPSA) is 20.2 Å². The average molecular weight is 165 g/mol. The van der Waals surface area contributed by atoms with Crippen molar-refractivity contribution in [1.82, 2.24) is 0 Å². The van der Waals surface area contributed by atoms with Gasteiger partial charge in [0, 0.05) is 12.8 Å². The molecule has 1 N–H and O–H groups in total. The van der Waals surface area contributed by atoms with Gasteiger partial charge in [0.15, 0.2) is 0 Å². The van der Waals surface area contributed by atoms with E-state index in [1.165, 1.54) is 12.8 Å². The first kappa shape index (κ1) is 8.31. The zero-order valence-electron chi connectivity index (χ0n) is 6.39.